The average Bonchev–Trinajstić information content (AvgIpc) is 3.15. The topological polar surface area (TPSA) is 66.9 Å². The van der Waals surface area contributed by atoms with E-state index in [1.807, 2.05) is 30.0 Å². The number of morpholine rings is 1. The second-order valence-corrected chi connectivity index (χ2v) is 9.78. The Bertz CT molecular complexity index is 1070. The summed E-state index contributed by atoms with van der Waals surface area (Å²) in [4.78, 5) is 22.6. The summed E-state index contributed by atoms with van der Waals surface area (Å²) in [6.45, 7) is 4.33. The maximum absolute atomic E-state index is 14.6. The Kier molecular flexibility index (Phi) is 5.65. The highest BCUT2D eigenvalue weighted by molar-refractivity contribution is 6.00. The molecule has 1 aromatic heterocycles. The highest BCUT2D eigenvalue weighted by atomic mass is 19.1. The van der Waals surface area contributed by atoms with Gasteiger partial charge in [0, 0.05) is 36.5 Å². The van der Waals surface area contributed by atoms with Crippen LogP contribution in [0.3, 0.4) is 0 Å². The molecule has 180 valence electrons. The molecule has 0 radical (unpaired) electrons. The Balaban J connectivity index is 1.36. The molecule has 5 aliphatic rings. The van der Waals surface area contributed by atoms with Gasteiger partial charge in [-0.25, -0.2) is 9.37 Å². The molecular formula is C26H31FN4O3. The first-order valence-corrected chi connectivity index (χ1v) is 12.4. The number of anilines is 4. The molecule has 1 aromatic carbocycles. The van der Waals surface area contributed by atoms with Crippen molar-refractivity contribution in [2.24, 2.45) is 5.92 Å². The molecule has 7 rings (SSSR count). The van der Waals surface area contributed by atoms with E-state index in [0.717, 1.165) is 54.4 Å². The molecule has 34 heavy (non-hydrogen) atoms. The van der Waals surface area contributed by atoms with Crippen LogP contribution in [0.2, 0.25) is 0 Å². The van der Waals surface area contributed by atoms with E-state index in [4.69, 9.17) is 9.47 Å². The number of nitrogens with one attached hydrogen (secondary N) is 1. The Morgan fingerprint density at radius 1 is 1.29 bits per heavy atom. The minimum Gasteiger partial charge on any atom is -0.375 e. The van der Waals surface area contributed by atoms with E-state index in [0.29, 0.717) is 25.6 Å². The third kappa shape index (κ3) is 3.82. The predicted molar refractivity (Wildman–Crippen MR) is 128 cm³/mol. The number of hydrogen-bond donors (Lipinski definition) is 1. The number of aromatic nitrogens is 1. The molecule has 1 amide bonds. The molecule has 3 saturated heterocycles. The van der Waals surface area contributed by atoms with E-state index in [9.17, 15) is 9.18 Å². The van der Waals surface area contributed by atoms with Crippen molar-refractivity contribution < 1.29 is 18.7 Å². The molecule has 1 saturated carbocycles. The molecule has 0 spiro atoms. The summed E-state index contributed by atoms with van der Waals surface area (Å²) >= 11 is 0. The van der Waals surface area contributed by atoms with Gasteiger partial charge in [-0.2, -0.15) is 0 Å². The number of fused-ring (bicyclic) bond motifs is 5. The van der Waals surface area contributed by atoms with E-state index in [1.54, 1.807) is 6.20 Å². The second kappa shape index (κ2) is 8.82. The maximum atomic E-state index is 14.6. The molecule has 4 fully saturated rings. The van der Waals surface area contributed by atoms with Crippen LogP contribution < -0.4 is 15.1 Å². The number of carbonyl (C=O) groups excluding carboxylic acids is 1. The monoisotopic (exact) mass is 466 g/mol. The van der Waals surface area contributed by atoms with Gasteiger partial charge in [0.2, 0.25) is 5.91 Å². The molecule has 8 heteroatoms. The van der Waals surface area contributed by atoms with Gasteiger partial charge in [-0.05, 0) is 56.9 Å². The number of ether oxygens (including phenoxy) is 2. The van der Waals surface area contributed by atoms with Gasteiger partial charge in [0.1, 0.15) is 12.0 Å². The van der Waals surface area contributed by atoms with Crippen molar-refractivity contribution in [2.75, 3.05) is 34.9 Å². The Morgan fingerprint density at radius 2 is 2.21 bits per heavy atom. The number of carbonyl (C=O) groups is 1. The fourth-order valence-electron chi connectivity index (χ4n) is 5.91. The Hall–Kier alpha value is -2.71. The van der Waals surface area contributed by atoms with Crippen LogP contribution in [0.4, 0.5) is 27.3 Å². The van der Waals surface area contributed by atoms with Gasteiger partial charge in [-0.15, -0.1) is 0 Å². The predicted octanol–water partition coefficient (Wildman–Crippen LogP) is 4.19. The van der Waals surface area contributed by atoms with Crippen LogP contribution in [0.15, 0.2) is 36.5 Å². The van der Waals surface area contributed by atoms with Crippen LogP contribution in [0.5, 0.6) is 0 Å². The number of alkyl halides is 1. The number of pyridine rings is 1. The Labute approximate surface area is 199 Å². The van der Waals surface area contributed by atoms with Gasteiger partial charge in [-0.3, -0.25) is 4.79 Å². The SMILES string of the molecule is CCO[C@H]1C[C@@H](C(=O)N2Cc3cccnc3Nc3ccc(N4C[C@H]5CC[C@H]4CO5)cc32)C[C@@H]1F. The van der Waals surface area contributed by atoms with Gasteiger partial charge in [0.05, 0.1) is 42.8 Å². The van der Waals surface area contributed by atoms with Crippen molar-refractivity contribution in [2.45, 2.75) is 63.6 Å². The molecular weight excluding hydrogens is 435 g/mol. The number of halogens is 1. The third-order valence-corrected chi connectivity index (χ3v) is 7.69. The highest BCUT2D eigenvalue weighted by Crippen LogP contribution is 2.42. The van der Waals surface area contributed by atoms with Gasteiger partial charge < -0.3 is 24.6 Å². The summed E-state index contributed by atoms with van der Waals surface area (Å²) in [6, 6.07) is 10.5. The van der Waals surface area contributed by atoms with Gasteiger partial charge >= 0.3 is 0 Å². The third-order valence-electron chi connectivity index (χ3n) is 7.69. The van der Waals surface area contributed by atoms with E-state index < -0.39 is 18.2 Å². The van der Waals surface area contributed by atoms with E-state index in [-0.39, 0.29) is 18.4 Å². The number of piperidine rings is 1. The van der Waals surface area contributed by atoms with Crippen molar-refractivity contribution in [1.29, 1.82) is 0 Å². The fourth-order valence-corrected chi connectivity index (χ4v) is 5.91. The number of hydrogen-bond acceptors (Lipinski definition) is 6. The zero-order valence-corrected chi connectivity index (χ0v) is 19.5. The minimum atomic E-state index is -1.11. The smallest absolute Gasteiger partial charge is 0.230 e. The van der Waals surface area contributed by atoms with Crippen LogP contribution in [-0.2, 0) is 20.8 Å². The minimum absolute atomic E-state index is 0.0507. The first-order valence-electron chi connectivity index (χ1n) is 12.4. The van der Waals surface area contributed by atoms with E-state index in [2.05, 4.69) is 27.3 Å². The number of benzene rings is 1. The largest absolute Gasteiger partial charge is 0.375 e. The standard InChI is InChI=1S/C26H31FN4O3/c1-2-33-24-11-17(10-21(24)27)26(32)31-13-16-4-3-9-28-25(16)29-22-8-6-18(12-23(22)31)30-14-20-7-5-19(30)15-34-20/h3-4,6,8-9,12,17,19-21,24H,2,5,7,10-11,13-15H2,1H3,(H,28,29)/t17-,19-,20+,21-,24-/m0/s1. The van der Waals surface area contributed by atoms with Crippen molar-refractivity contribution in [3.8, 4) is 0 Å². The number of amides is 1. The van der Waals surface area contributed by atoms with Gasteiger partial charge in [-0.1, -0.05) is 6.07 Å². The summed E-state index contributed by atoms with van der Waals surface area (Å²) in [7, 11) is 0. The summed E-state index contributed by atoms with van der Waals surface area (Å²) in [6.07, 6.45) is 3.25. The second-order valence-electron chi connectivity index (χ2n) is 9.78. The number of rotatable bonds is 4. The summed E-state index contributed by atoms with van der Waals surface area (Å²) in [5.74, 6) is 0.296. The van der Waals surface area contributed by atoms with Gasteiger partial charge in [0.25, 0.3) is 0 Å². The Morgan fingerprint density at radius 3 is 2.97 bits per heavy atom. The summed E-state index contributed by atoms with van der Waals surface area (Å²) < 4.78 is 26.1. The maximum Gasteiger partial charge on any atom is 0.230 e. The molecule has 4 aliphatic heterocycles. The highest BCUT2D eigenvalue weighted by Gasteiger charge is 2.42. The van der Waals surface area contributed by atoms with Crippen LogP contribution in [0, 0.1) is 5.92 Å². The van der Waals surface area contributed by atoms with Gasteiger partial charge in [0.15, 0.2) is 0 Å². The zero-order valence-electron chi connectivity index (χ0n) is 19.5. The average molecular weight is 467 g/mol. The molecule has 0 unspecified atom stereocenters. The lowest BCUT2D eigenvalue weighted by molar-refractivity contribution is -0.122. The molecule has 2 bridgehead atoms. The normalized spacial score (nSPS) is 29.9. The summed E-state index contributed by atoms with van der Waals surface area (Å²) in [5, 5.41) is 3.43. The fraction of sp³-hybridized carbons (Fsp3) is 0.538. The van der Waals surface area contributed by atoms with Crippen molar-refractivity contribution in [3.05, 3.63) is 42.1 Å². The van der Waals surface area contributed by atoms with Crippen LogP contribution in [-0.4, -0.2) is 55.1 Å². The molecule has 5 heterocycles. The molecule has 5 atom stereocenters. The first-order chi connectivity index (χ1) is 16.6. The molecule has 2 aromatic rings. The van der Waals surface area contributed by atoms with Crippen molar-refractivity contribution in [3.63, 3.8) is 0 Å². The van der Waals surface area contributed by atoms with E-state index in [1.165, 1.54) is 0 Å². The lowest BCUT2D eigenvalue weighted by Gasteiger charge is -2.46. The quantitative estimate of drug-likeness (QED) is 0.729. The summed E-state index contributed by atoms with van der Waals surface area (Å²) in [5.41, 5.74) is 3.69. The van der Waals surface area contributed by atoms with Crippen LogP contribution in [0.25, 0.3) is 0 Å². The number of nitrogens with zero attached hydrogens (tertiary/aromatic N) is 3. The first kappa shape index (κ1) is 21.8. The molecule has 1 aliphatic carbocycles. The zero-order chi connectivity index (χ0) is 23.2. The molecule has 1 N–H and O–H groups in total. The van der Waals surface area contributed by atoms with Crippen LogP contribution >= 0.6 is 0 Å². The lowest BCUT2D eigenvalue weighted by Crippen LogP contribution is -2.54. The molecule has 7 nitrogen and oxygen atoms in total. The lowest BCUT2D eigenvalue weighted by atomic mass is 9.96. The van der Waals surface area contributed by atoms with E-state index >= 15 is 0 Å². The van der Waals surface area contributed by atoms with Crippen molar-refractivity contribution >= 4 is 28.8 Å². The van der Waals surface area contributed by atoms with Crippen LogP contribution in [0.1, 0.15) is 38.2 Å². The van der Waals surface area contributed by atoms with Crippen molar-refractivity contribution in [1.82, 2.24) is 4.98 Å².